The monoisotopic (exact) mass is 450 g/mol. The fraction of sp³-hybridized carbons (Fsp3) is 0.207. The van der Waals surface area contributed by atoms with Crippen LogP contribution < -0.4 is 10.2 Å². The zero-order valence-corrected chi connectivity index (χ0v) is 20.1. The lowest BCUT2D eigenvalue weighted by molar-refractivity contribution is 0.194. The Morgan fingerprint density at radius 3 is 2.41 bits per heavy atom. The van der Waals surface area contributed by atoms with Crippen molar-refractivity contribution in [2.45, 2.75) is 26.4 Å². The first-order valence-corrected chi connectivity index (χ1v) is 11.6. The van der Waals surface area contributed by atoms with Gasteiger partial charge in [0.1, 0.15) is 0 Å². The molecule has 2 amide bonds. The van der Waals surface area contributed by atoms with E-state index in [1.54, 1.807) is 0 Å². The van der Waals surface area contributed by atoms with Gasteiger partial charge in [-0.1, -0.05) is 36.4 Å². The van der Waals surface area contributed by atoms with Crippen molar-refractivity contribution < 1.29 is 4.79 Å². The Balaban J connectivity index is 1.60. The SMILES string of the molecule is Cc1ccc(NC(=O)N2Cc3ccccc3-n3cccc3[C@@H]2c2ccc(N(C)C)cc2)cc1C. The van der Waals surface area contributed by atoms with Gasteiger partial charge in [0.15, 0.2) is 0 Å². The maximum Gasteiger partial charge on any atom is 0.322 e. The number of amides is 2. The topological polar surface area (TPSA) is 40.5 Å². The Morgan fingerprint density at radius 1 is 0.912 bits per heavy atom. The summed E-state index contributed by atoms with van der Waals surface area (Å²) in [7, 11) is 4.07. The fourth-order valence-electron chi connectivity index (χ4n) is 4.66. The molecule has 0 spiro atoms. The van der Waals surface area contributed by atoms with Gasteiger partial charge in [0.05, 0.1) is 18.3 Å². The third-order valence-corrected chi connectivity index (χ3v) is 6.71. The Morgan fingerprint density at radius 2 is 1.68 bits per heavy atom. The Hall–Kier alpha value is -3.99. The molecule has 172 valence electrons. The predicted octanol–water partition coefficient (Wildman–Crippen LogP) is 6.30. The molecule has 1 atom stereocenters. The highest BCUT2D eigenvalue weighted by atomic mass is 16.2. The number of para-hydroxylation sites is 1. The zero-order chi connectivity index (χ0) is 23.8. The summed E-state index contributed by atoms with van der Waals surface area (Å²) in [4.78, 5) is 17.8. The first kappa shape index (κ1) is 21.8. The number of hydrogen-bond donors (Lipinski definition) is 1. The van der Waals surface area contributed by atoms with Crippen LogP contribution >= 0.6 is 0 Å². The first-order valence-electron chi connectivity index (χ1n) is 11.6. The van der Waals surface area contributed by atoms with Crippen LogP contribution in [0.1, 0.15) is 34.0 Å². The van der Waals surface area contributed by atoms with Gasteiger partial charge in [-0.3, -0.25) is 0 Å². The van der Waals surface area contributed by atoms with Crippen LogP contribution in [0.5, 0.6) is 0 Å². The molecule has 1 aromatic heterocycles. The molecule has 0 saturated carbocycles. The summed E-state index contributed by atoms with van der Waals surface area (Å²) >= 11 is 0. The van der Waals surface area contributed by atoms with E-state index in [1.807, 2.05) is 49.3 Å². The van der Waals surface area contributed by atoms with Crippen LogP contribution in [0.3, 0.4) is 0 Å². The van der Waals surface area contributed by atoms with E-state index in [9.17, 15) is 4.79 Å². The van der Waals surface area contributed by atoms with Gasteiger partial charge in [-0.25, -0.2) is 4.79 Å². The minimum Gasteiger partial charge on any atom is -0.378 e. The Labute approximate surface area is 201 Å². The van der Waals surface area contributed by atoms with E-state index in [0.29, 0.717) is 6.54 Å². The maximum atomic E-state index is 13.8. The Bertz CT molecular complexity index is 1340. The zero-order valence-electron chi connectivity index (χ0n) is 20.1. The van der Waals surface area contributed by atoms with Crippen molar-refractivity contribution >= 4 is 17.4 Å². The third-order valence-electron chi connectivity index (χ3n) is 6.71. The number of anilines is 2. The smallest absolute Gasteiger partial charge is 0.322 e. The van der Waals surface area contributed by atoms with Gasteiger partial charge in [-0.15, -0.1) is 0 Å². The second kappa shape index (κ2) is 8.75. The number of hydrogen-bond acceptors (Lipinski definition) is 2. The van der Waals surface area contributed by atoms with E-state index in [0.717, 1.165) is 39.4 Å². The van der Waals surface area contributed by atoms with Gasteiger partial charge < -0.3 is 19.7 Å². The molecule has 1 N–H and O–H groups in total. The number of rotatable bonds is 3. The van der Waals surface area contributed by atoms with Gasteiger partial charge in [-0.2, -0.15) is 0 Å². The number of aryl methyl sites for hydroxylation is 2. The van der Waals surface area contributed by atoms with E-state index in [2.05, 4.69) is 83.4 Å². The second-order valence-electron chi connectivity index (χ2n) is 9.18. The van der Waals surface area contributed by atoms with Crippen molar-refractivity contribution in [2.24, 2.45) is 0 Å². The lowest BCUT2D eigenvalue weighted by Gasteiger charge is -2.31. The molecule has 0 aliphatic carbocycles. The molecule has 2 heterocycles. The molecule has 0 fully saturated rings. The summed E-state index contributed by atoms with van der Waals surface area (Å²) in [5, 5.41) is 3.16. The highest BCUT2D eigenvalue weighted by Crippen LogP contribution is 2.37. The van der Waals surface area contributed by atoms with Crippen LogP contribution in [0, 0.1) is 13.8 Å². The minimum atomic E-state index is -0.231. The van der Waals surface area contributed by atoms with Crippen molar-refractivity contribution in [1.82, 2.24) is 9.47 Å². The molecule has 3 aromatic carbocycles. The van der Waals surface area contributed by atoms with E-state index in [-0.39, 0.29) is 12.1 Å². The normalized spacial score (nSPS) is 14.7. The lowest BCUT2D eigenvalue weighted by atomic mass is 10.0. The average molecular weight is 451 g/mol. The van der Waals surface area contributed by atoms with Crippen molar-refractivity contribution in [3.8, 4) is 5.69 Å². The van der Waals surface area contributed by atoms with E-state index >= 15 is 0 Å². The van der Waals surface area contributed by atoms with Crippen molar-refractivity contribution in [2.75, 3.05) is 24.3 Å². The van der Waals surface area contributed by atoms with Gasteiger partial charge >= 0.3 is 6.03 Å². The summed E-state index contributed by atoms with van der Waals surface area (Å²) in [5.74, 6) is 0. The first-order chi connectivity index (χ1) is 16.4. The number of fused-ring (bicyclic) bond motifs is 3. The molecule has 5 heteroatoms. The fourth-order valence-corrected chi connectivity index (χ4v) is 4.66. The molecule has 5 rings (SSSR count). The molecule has 0 unspecified atom stereocenters. The summed E-state index contributed by atoms with van der Waals surface area (Å²) in [6.45, 7) is 4.65. The van der Waals surface area contributed by atoms with E-state index in [4.69, 9.17) is 0 Å². The maximum absolute atomic E-state index is 13.8. The van der Waals surface area contributed by atoms with Crippen LogP contribution in [0.2, 0.25) is 0 Å². The number of nitrogens with zero attached hydrogens (tertiary/aromatic N) is 3. The largest absolute Gasteiger partial charge is 0.378 e. The Kier molecular flexibility index (Phi) is 5.62. The van der Waals surface area contributed by atoms with Crippen LogP contribution in [0.25, 0.3) is 5.69 Å². The number of benzene rings is 3. The standard InChI is InChI=1S/C29H30N4O/c1-20-11-14-24(18-21(20)2)30-29(34)33-19-23-8-5-6-9-26(23)32-17-7-10-27(32)28(33)22-12-15-25(16-13-22)31(3)4/h5-18,28H,19H2,1-4H3,(H,30,34)/t28-/m0/s1. The highest BCUT2D eigenvalue weighted by molar-refractivity contribution is 5.90. The molecule has 4 aromatic rings. The summed E-state index contributed by atoms with van der Waals surface area (Å²) in [6, 6.07) is 26.7. The third kappa shape index (κ3) is 3.94. The predicted molar refractivity (Wildman–Crippen MR) is 139 cm³/mol. The summed E-state index contributed by atoms with van der Waals surface area (Å²) in [5.41, 5.74) is 8.67. The summed E-state index contributed by atoms with van der Waals surface area (Å²) < 4.78 is 2.21. The van der Waals surface area contributed by atoms with Crippen molar-refractivity contribution in [3.05, 3.63) is 113 Å². The van der Waals surface area contributed by atoms with Crippen LogP contribution in [-0.2, 0) is 6.54 Å². The molecule has 0 bridgehead atoms. The molecule has 0 saturated heterocycles. The number of urea groups is 1. The van der Waals surface area contributed by atoms with Crippen LogP contribution in [0.4, 0.5) is 16.2 Å². The highest BCUT2D eigenvalue weighted by Gasteiger charge is 2.33. The number of aromatic nitrogens is 1. The molecular formula is C29H30N4O. The quantitative estimate of drug-likeness (QED) is 0.398. The molecule has 1 aliphatic heterocycles. The number of nitrogens with one attached hydrogen (secondary N) is 1. The van der Waals surface area contributed by atoms with E-state index < -0.39 is 0 Å². The van der Waals surface area contributed by atoms with Crippen LogP contribution in [-0.4, -0.2) is 29.6 Å². The molecule has 34 heavy (non-hydrogen) atoms. The molecular weight excluding hydrogens is 420 g/mol. The second-order valence-corrected chi connectivity index (χ2v) is 9.18. The van der Waals surface area contributed by atoms with Crippen LogP contribution in [0.15, 0.2) is 85.1 Å². The summed E-state index contributed by atoms with van der Waals surface area (Å²) in [6.07, 6.45) is 2.08. The average Bonchev–Trinajstić information content (AvgIpc) is 3.26. The minimum absolute atomic E-state index is 0.116. The number of carbonyl (C=O) groups excluding carboxylic acids is 1. The van der Waals surface area contributed by atoms with Crippen molar-refractivity contribution in [3.63, 3.8) is 0 Å². The van der Waals surface area contributed by atoms with Gasteiger partial charge in [0.2, 0.25) is 0 Å². The van der Waals surface area contributed by atoms with Gasteiger partial charge in [0, 0.05) is 37.4 Å². The molecule has 5 nitrogen and oxygen atoms in total. The van der Waals surface area contributed by atoms with E-state index in [1.165, 1.54) is 5.56 Å². The lowest BCUT2D eigenvalue weighted by Crippen LogP contribution is -2.38. The van der Waals surface area contributed by atoms with Gasteiger partial charge in [0.25, 0.3) is 0 Å². The molecule has 0 radical (unpaired) electrons. The molecule has 1 aliphatic rings. The van der Waals surface area contributed by atoms with Gasteiger partial charge in [-0.05, 0) is 78.6 Å². The number of carbonyl (C=O) groups is 1. The van der Waals surface area contributed by atoms with Crippen molar-refractivity contribution in [1.29, 1.82) is 0 Å².